The molecule has 0 spiro atoms. The summed E-state index contributed by atoms with van der Waals surface area (Å²) in [5.74, 6) is 0. The van der Waals surface area contributed by atoms with Crippen molar-refractivity contribution in [2.45, 2.75) is 19.4 Å². The molecule has 0 saturated carbocycles. The average Bonchev–Trinajstić information content (AvgIpc) is 1.88. The second-order valence-electron chi connectivity index (χ2n) is 2.79. The van der Waals surface area contributed by atoms with E-state index in [9.17, 15) is 0 Å². The highest BCUT2D eigenvalue weighted by atomic mass is 14.6. The molecular weight excluding hydrogens is 122 g/mol. The first kappa shape index (κ1) is 7.29. The molecule has 0 aliphatic rings. The van der Waals surface area contributed by atoms with Gasteiger partial charge in [0, 0.05) is 6.42 Å². The van der Waals surface area contributed by atoms with Gasteiger partial charge in [0.1, 0.15) is 0 Å². The molecule has 0 aliphatic heterocycles. The molecule has 1 heteroatoms. The summed E-state index contributed by atoms with van der Waals surface area (Å²) in [5.41, 5.74) is 5.31. The fourth-order valence-electron chi connectivity index (χ4n) is 1.02. The lowest BCUT2D eigenvalue weighted by molar-refractivity contribution is -0.413. The summed E-state index contributed by atoms with van der Waals surface area (Å²) in [7, 11) is 0. The Labute approximate surface area is 61.9 Å². The van der Waals surface area contributed by atoms with Crippen LogP contribution in [-0.2, 0) is 6.42 Å². The average molecular weight is 136 g/mol. The van der Waals surface area contributed by atoms with Crippen LogP contribution in [0, 0.1) is 0 Å². The number of hydrogen-bond donors (Lipinski definition) is 1. The highest BCUT2D eigenvalue weighted by Gasteiger charge is 1.97. The maximum atomic E-state index is 3.93. The van der Waals surface area contributed by atoms with E-state index < -0.39 is 0 Å². The predicted octanol–water partition coefficient (Wildman–Crippen LogP) is 0.859. The Kier molecular flexibility index (Phi) is 2.46. The van der Waals surface area contributed by atoms with E-state index in [1.165, 1.54) is 5.56 Å². The summed E-state index contributed by atoms with van der Waals surface area (Å²) in [6, 6.07) is 11.0. The molecule has 0 bridgehead atoms. The maximum Gasteiger partial charge on any atom is 0.0855 e. The lowest BCUT2D eigenvalue weighted by Gasteiger charge is -2.00. The molecule has 0 aliphatic carbocycles. The molecule has 1 rings (SSSR count). The Morgan fingerprint density at radius 2 is 1.90 bits per heavy atom. The maximum absolute atomic E-state index is 3.93. The molecule has 54 valence electrons. The summed E-state index contributed by atoms with van der Waals surface area (Å²) >= 11 is 0. The van der Waals surface area contributed by atoms with Crippen molar-refractivity contribution in [3.8, 4) is 0 Å². The molecule has 0 amide bonds. The number of hydrogen-bond acceptors (Lipinski definition) is 0. The molecule has 0 aromatic heterocycles. The molecule has 3 N–H and O–H groups in total. The first-order valence-electron chi connectivity index (χ1n) is 3.66. The second-order valence-corrected chi connectivity index (χ2v) is 2.79. The van der Waals surface area contributed by atoms with Crippen LogP contribution in [0.25, 0.3) is 0 Å². The van der Waals surface area contributed by atoms with Crippen LogP contribution in [0.1, 0.15) is 12.5 Å². The summed E-state index contributed by atoms with van der Waals surface area (Å²) in [6.45, 7) is 2.13. The topological polar surface area (TPSA) is 27.6 Å². The minimum atomic E-state index is 0.516. The molecule has 0 unspecified atom stereocenters. The van der Waals surface area contributed by atoms with E-state index in [0.29, 0.717) is 6.04 Å². The van der Waals surface area contributed by atoms with Crippen molar-refractivity contribution >= 4 is 0 Å². The van der Waals surface area contributed by atoms with Crippen LogP contribution in [0.2, 0.25) is 0 Å². The molecule has 1 aromatic rings. The van der Waals surface area contributed by atoms with E-state index in [1.54, 1.807) is 0 Å². The standard InChI is InChI=1S/C9H13N/c1-8(10)7-9-5-3-2-4-6-9/h2-6,8H,7,10H2,1H3/p+1/t8-/m0/s1. The molecule has 1 aromatic carbocycles. The third-order valence-electron chi connectivity index (χ3n) is 1.43. The van der Waals surface area contributed by atoms with E-state index >= 15 is 0 Å². The summed E-state index contributed by atoms with van der Waals surface area (Å²) in [6.07, 6.45) is 1.08. The molecule has 10 heavy (non-hydrogen) atoms. The highest BCUT2D eigenvalue weighted by Crippen LogP contribution is 1.99. The zero-order valence-corrected chi connectivity index (χ0v) is 6.38. The van der Waals surface area contributed by atoms with Gasteiger partial charge >= 0.3 is 0 Å². The minimum absolute atomic E-state index is 0.516. The predicted molar refractivity (Wildman–Crippen MR) is 42.5 cm³/mol. The zero-order chi connectivity index (χ0) is 7.40. The number of benzene rings is 1. The van der Waals surface area contributed by atoms with Crippen LogP contribution in [0.5, 0.6) is 0 Å². The summed E-state index contributed by atoms with van der Waals surface area (Å²) in [4.78, 5) is 0. The van der Waals surface area contributed by atoms with Crippen LogP contribution in [-0.4, -0.2) is 6.04 Å². The van der Waals surface area contributed by atoms with Crippen LogP contribution < -0.4 is 5.73 Å². The first-order chi connectivity index (χ1) is 4.79. The van der Waals surface area contributed by atoms with Gasteiger partial charge in [-0.3, -0.25) is 0 Å². The lowest BCUT2D eigenvalue weighted by Crippen LogP contribution is -2.60. The van der Waals surface area contributed by atoms with Gasteiger partial charge < -0.3 is 5.73 Å². The smallest absolute Gasteiger partial charge is 0.0855 e. The SMILES string of the molecule is C[C@H]([NH3+])Cc1ccccc1. The van der Waals surface area contributed by atoms with Gasteiger partial charge in [-0.15, -0.1) is 0 Å². The van der Waals surface area contributed by atoms with Crippen molar-refractivity contribution in [1.29, 1.82) is 0 Å². The molecule has 0 heterocycles. The van der Waals surface area contributed by atoms with E-state index in [-0.39, 0.29) is 0 Å². The Morgan fingerprint density at radius 1 is 1.30 bits per heavy atom. The minimum Gasteiger partial charge on any atom is -0.355 e. The Hall–Kier alpha value is -0.820. The van der Waals surface area contributed by atoms with Crippen molar-refractivity contribution in [1.82, 2.24) is 0 Å². The fraction of sp³-hybridized carbons (Fsp3) is 0.333. The fourth-order valence-corrected chi connectivity index (χ4v) is 1.02. The third-order valence-corrected chi connectivity index (χ3v) is 1.43. The van der Waals surface area contributed by atoms with Gasteiger partial charge in [-0.05, 0) is 12.5 Å². The molecule has 0 radical (unpaired) electrons. The molecule has 0 fully saturated rings. The van der Waals surface area contributed by atoms with E-state index in [4.69, 9.17) is 0 Å². The van der Waals surface area contributed by atoms with Crippen LogP contribution in [0.3, 0.4) is 0 Å². The lowest BCUT2D eigenvalue weighted by atomic mass is 10.1. The van der Waals surface area contributed by atoms with Crippen LogP contribution in [0.4, 0.5) is 0 Å². The quantitative estimate of drug-likeness (QED) is 0.624. The van der Waals surface area contributed by atoms with Gasteiger partial charge in [0.25, 0.3) is 0 Å². The van der Waals surface area contributed by atoms with Gasteiger partial charge in [-0.2, -0.15) is 0 Å². The van der Waals surface area contributed by atoms with Gasteiger partial charge in [0.15, 0.2) is 0 Å². The Bertz CT molecular complexity index is 179. The van der Waals surface area contributed by atoms with Gasteiger partial charge in [-0.25, -0.2) is 0 Å². The second kappa shape index (κ2) is 3.37. The van der Waals surface area contributed by atoms with E-state index in [1.807, 2.05) is 6.07 Å². The molecule has 1 nitrogen and oxygen atoms in total. The van der Waals surface area contributed by atoms with Crippen LogP contribution >= 0.6 is 0 Å². The Balaban J connectivity index is 2.59. The van der Waals surface area contributed by atoms with E-state index in [2.05, 4.69) is 36.9 Å². The zero-order valence-electron chi connectivity index (χ0n) is 6.38. The Morgan fingerprint density at radius 3 is 2.40 bits per heavy atom. The summed E-state index contributed by atoms with van der Waals surface area (Å²) < 4.78 is 0. The normalized spacial score (nSPS) is 13.0. The van der Waals surface area contributed by atoms with Gasteiger partial charge in [0.05, 0.1) is 6.04 Å². The monoisotopic (exact) mass is 136 g/mol. The van der Waals surface area contributed by atoms with Crippen molar-refractivity contribution < 1.29 is 5.73 Å². The third kappa shape index (κ3) is 2.19. The molecular formula is C9H14N+. The van der Waals surface area contributed by atoms with Crippen molar-refractivity contribution in [3.63, 3.8) is 0 Å². The highest BCUT2D eigenvalue weighted by molar-refractivity contribution is 5.14. The van der Waals surface area contributed by atoms with Gasteiger partial charge in [0.2, 0.25) is 0 Å². The first-order valence-corrected chi connectivity index (χ1v) is 3.66. The van der Waals surface area contributed by atoms with Crippen LogP contribution in [0.15, 0.2) is 30.3 Å². The van der Waals surface area contributed by atoms with Gasteiger partial charge in [-0.1, -0.05) is 30.3 Å². The molecule has 1 atom stereocenters. The largest absolute Gasteiger partial charge is 0.355 e. The molecule has 0 saturated heterocycles. The van der Waals surface area contributed by atoms with E-state index in [0.717, 1.165) is 6.42 Å². The van der Waals surface area contributed by atoms with Crippen molar-refractivity contribution in [2.24, 2.45) is 0 Å². The number of rotatable bonds is 2. The van der Waals surface area contributed by atoms with Crippen molar-refractivity contribution in [3.05, 3.63) is 35.9 Å². The summed E-state index contributed by atoms with van der Waals surface area (Å²) in [5, 5.41) is 0. The van der Waals surface area contributed by atoms with Crippen molar-refractivity contribution in [2.75, 3.05) is 0 Å². The number of quaternary nitrogens is 1.